The molecule has 2 N–H and O–H groups in total. The second-order valence-corrected chi connectivity index (χ2v) is 4.91. The number of aryl methyl sites for hydroxylation is 1. The van der Waals surface area contributed by atoms with E-state index in [0.717, 1.165) is 0 Å². The summed E-state index contributed by atoms with van der Waals surface area (Å²) >= 11 is 0. The van der Waals surface area contributed by atoms with E-state index in [1.54, 1.807) is 6.92 Å². The van der Waals surface area contributed by atoms with Crippen molar-refractivity contribution >= 4 is 11.6 Å². The summed E-state index contributed by atoms with van der Waals surface area (Å²) in [5.41, 5.74) is 0.851. The summed E-state index contributed by atoms with van der Waals surface area (Å²) < 4.78 is 5.00. The molecule has 0 aliphatic heterocycles. The zero-order valence-corrected chi connectivity index (χ0v) is 11.4. The van der Waals surface area contributed by atoms with Gasteiger partial charge >= 0.3 is 0 Å². The van der Waals surface area contributed by atoms with Crippen LogP contribution in [0.15, 0.2) is 24.3 Å². The lowest BCUT2D eigenvalue weighted by atomic mass is 9.82. The van der Waals surface area contributed by atoms with Gasteiger partial charge in [0.15, 0.2) is 11.6 Å². The number of benzene rings is 2. The van der Waals surface area contributed by atoms with E-state index in [1.165, 1.54) is 31.4 Å². The van der Waals surface area contributed by atoms with Crippen LogP contribution < -0.4 is 4.74 Å². The molecule has 0 unspecified atom stereocenters. The van der Waals surface area contributed by atoms with E-state index in [1.807, 2.05) is 0 Å². The SMILES string of the molecule is COc1cc(O)c2c(c1)C(=O)c1cc(O)c(C)cc1C2=O. The maximum Gasteiger partial charge on any atom is 0.198 e. The lowest BCUT2D eigenvalue weighted by Gasteiger charge is -2.20. The predicted octanol–water partition coefficient (Wildman–Crippen LogP) is 2.19. The van der Waals surface area contributed by atoms with E-state index in [-0.39, 0.29) is 39.5 Å². The average Bonchev–Trinajstić information content (AvgIpc) is 2.46. The molecule has 5 heteroatoms. The molecule has 0 atom stereocenters. The Kier molecular flexibility index (Phi) is 2.73. The Labute approximate surface area is 120 Å². The van der Waals surface area contributed by atoms with Gasteiger partial charge in [0.25, 0.3) is 0 Å². The van der Waals surface area contributed by atoms with Crippen molar-refractivity contribution in [1.29, 1.82) is 0 Å². The third-order valence-corrected chi connectivity index (χ3v) is 3.62. The Hall–Kier alpha value is -2.82. The van der Waals surface area contributed by atoms with Crippen molar-refractivity contribution in [1.82, 2.24) is 0 Å². The average molecular weight is 284 g/mol. The predicted molar refractivity (Wildman–Crippen MR) is 74.4 cm³/mol. The number of ether oxygens (including phenoxy) is 1. The summed E-state index contributed by atoms with van der Waals surface area (Å²) in [5.74, 6) is -0.927. The molecular formula is C16H12O5. The zero-order valence-electron chi connectivity index (χ0n) is 11.4. The van der Waals surface area contributed by atoms with E-state index in [4.69, 9.17) is 4.74 Å². The van der Waals surface area contributed by atoms with Crippen molar-refractivity contribution in [2.24, 2.45) is 0 Å². The van der Waals surface area contributed by atoms with E-state index in [0.29, 0.717) is 5.56 Å². The van der Waals surface area contributed by atoms with E-state index in [9.17, 15) is 19.8 Å². The Morgan fingerprint density at radius 3 is 2.19 bits per heavy atom. The molecule has 21 heavy (non-hydrogen) atoms. The standard InChI is InChI=1S/C16H12O5/c1-7-3-9-10(6-12(7)17)15(19)11-4-8(21-2)5-13(18)14(11)16(9)20/h3-6,17-18H,1-2H3. The first-order valence-electron chi connectivity index (χ1n) is 6.28. The molecule has 2 aromatic carbocycles. The highest BCUT2D eigenvalue weighted by Gasteiger charge is 2.33. The van der Waals surface area contributed by atoms with Gasteiger partial charge < -0.3 is 14.9 Å². The summed E-state index contributed by atoms with van der Waals surface area (Å²) in [6, 6.07) is 5.44. The second-order valence-electron chi connectivity index (χ2n) is 4.91. The molecule has 1 aliphatic rings. The number of phenols is 2. The molecule has 0 saturated carbocycles. The fourth-order valence-corrected chi connectivity index (χ4v) is 2.49. The van der Waals surface area contributed by atoms with Gasteiger partial charge in [-0.15, -0.1) is 0 Å². The number of hydrogen-bond donors (Lipinski definition) is 2. The van der Waals surface area contributed by atoms with Crippen LogP contribution in [0.3, 0.4) is 0 Å². The number of rotatable bonds is 1. The fraction of sp³-hybridized carbons (Fsp3) is 0.125. The second kappa shape index (κ2) is 4.34. The van der Waals surface area contributed by atoms with Gasteiger partial charge in [-0.05, 0) is 30.7 Å². The largest absolute Gasteiger partial charge is 0.508 e. The minimum atomic E-state index is -0.442. The molecule has 0 fully saturated rings. The van der Waals surface area contributed by atoms with Crippen LogP contribution in [-0.4, -0.2) is 28.9 Å². The van der Waals surface area contributed by atoms with Gasteiger partial charge in [0, 0.05) is 22.8 Å². The molecule has 0 radical (unpaired) electrons. The summed E-state index contributed by atoms with van der Waals surface area (Å²) in [4.78, 5) is 25.0. The lowest BCUT2D eigenvalue weighted by Crippen LogP contribution is -2.21. The van der Waals surface area contributed by atoms with Crippen LogP contribution in [-0.2, 0) is 0 Å². The minimum absolute atomic E-state index is 0.0293. The molecule has 106 valence electrons. The minimum Gasteiger partial charge on any atom is -0.508 e. The smallest absolute Gasteiger partial charge is 0.198 e. The molecule has 0 spiro atoms. The van der Waals surface area contributed by atoms with E-state index >= 15 is 0 Å². The summed E-state index contributed by atoms with van der Waals surface area (Å²) in [6.07, 6.45) is 0. The first-order valence-corrected chi connectivity index (χ1v) is 6.28. The molecule has 5 nitrogen and oxygen atoms in total. The number of carbonyl (C=O) groups is 2. The van der Waals surface area contributed by atoms with Gasteiger partial charge in [-0.2, -0.15) is 0 Å². The van der Waals surface area contributed by atoms with E-state index < -0.39 is 11.6 Å². The van der Waals surface area contributed by atoms with Crippen molar-refractivity contribution in [2.75, 3.05) is 7.11 Å². The van der Waals surface area contributed by atoms with Gasteiger partial charge in [0.1, 0.15) is 17.2 Å². The van der Waals surface area contributed by atoms with E-state index in [2.05, 4.69) is 0 Å². The topological polar surface area (TPSA) is 83.8 Å². The Morgan fingerprint density at radius 2 is 1.52 bits per heavy atom. The molecule has 0 aromatic heterocycles. The Morgan fingerprint density at radius 1 is 0.857 bits per heavy atom. The molecular weight excluding hydrogens is 272 g/mol. The highest BCUT2D eigenvalue weighted by Crippen LogP contribution is 2.37. The van der Waals surface area contributed by atoms with Gasteiger partial charge in [0.2, 0.25) is 0 Å². The first-order chi connectivity index (χ1) is 9.93. The normalized spacial score (nSPS) is 12.9. The van der Waals surface area contributed by atoms with Gasteiger partial charge in [-0.1, -0.05) is 0 Å². The van der Waals surface area contributed by atoms with Crippen molar-refractivity contribution in [3.05, 3.63) is 52.1 Å². The summed E-state index contributed by atoms with van der Waals surface area (Å²) in [6.45, 7) is 1.64. The Bertz CT molecular complexity index is 805. The van der Waals surface area contributed by atoms with Crippen molar-refractivity contribution in [3.8, 4) is 17.2 Å². The van der Waals surface area contributed by atoms with Gasteiger partial charge in [-0.3, -0.25) is 9.59 Å². The number of phenolic OH excluding ortho intramolecular Hbond substituents is 2. The zero-order chi connectivity index (χ0) is 15.3. The fourth-order valence-electron chi connectivity index (χ4n) is 2.49. The number of carbonyl (C=O) groups excluding carboxylic acids is 2. The monoisotopic (exact) mass is 284 g/mol. The van der Waals surface area contributed by atoms with Gasteiger partial charge in [-0.25, -0.2) is 0 Å². The highest BCUT2D eigenvalue weighted by molar-refractivity contribution is 6.29. The van der Waals surface area contributed by atoms with Crippen LogP contribution in [0, 0.1) is 6.92 Å². The van der Waals surface area contributed by atoms with Crippen molar-refractivity contribution < 1.29 is 24.5 Å². The van der Waals surface area contributed by atoms with Crippen LogP contribution in [0.1, 0.15) is 37.4 Å². The molecule has 2 aromatic rings. The number of methoxy groups -OCH3 is 1. The molecule has 0 amide bonds. The molecule has 0 heterocycles. The van der Waals surface area contributed by atoms with Crippen LogP contribution in [0.5, 0.6) is 17.2 Å². The molecule has 3 rings (SSSR count). The van der Waals surface area contributed by atoms with Crippen LogP contribution >= 0.6 is 0 Å². The summed E-state index contributed by atoms with van der Waals surface area (Å²) in [7, 11) is 1.40. The maximum absolute atomic E-state index is 12.5. The lowest BCUT2D eigenvalue weighted by molar-refractivity contribution is 0.0976. The number of fused-ring (bicyclic) bond motifs is 2. The first kappa shape index (κ1) is 13.2. The van der Waals surface area contributed by atoms with Crippen LogP contribution in [0.2, 0.25) is 0 Å². The third-order valence-electron chi connectivity index (χ3n) is 3.62. The number of ketones is 2. The van der Waals surface area contributed by atoms with Crippen LogP contribution in [0.25, 0.3) is 0 Å². The number of aromatic hydroxyl groups is 2. The molecule has 0 bridgehead atoms. The number of hydrogen-bond acceptors (Lipinski definition) is 5. The molecule has 1 aliphatic carbocycles. The third kappa shape index (κ3) is 1.78. The maximum atomic E-state index is 12.5. The highest BCUT2D eigenvalue weighted by atomic mass is 16.5. The molecule has 0 saturated heterocycles. The quantitative estimate of drug-likeness (QED) is 0.715. The van der Waals surface area contributed by atoms with Gasteiger partial charge in [0.05, 0.1) is 12.7 Å². The van der Waals surface area contributed by atoms with Crippen LogP contribution in [0.4, 0.5) is 0 Å². The Balaban J connectivity index is 2.33. The van der Waals surface area contributed by atoms with Crippen molar-refractivity contribution in [3.63, 3.8) is 0 Å². The van der Waals surface area contributed by atoms with Crippen molar-refractivity contribution in [2.45, 2.75) is 6.92 Å². The summed E-state index contributed by atoms with van der Waals surface area (Å²) in [5, 5.41) is 19.7.